The largest absolute Gasteiger partial charge is 0.442 e. The molecule has 178 valence electrons. The number of ether oxygens (including phenoxy) is 2. The number of carbonyl (C=O) groups is 2. The van der Waals surface area contributed by atoms with Gasteiger partial charge in [-0.1, -0.05) is 12.1 Å². The summed E-state index contributed by atoms with van der Waals surface area (Å²) in [5.74, 6) is 0.377. The second kappa shape index (κ2) is 8.09. The molecular weight excluding hydrogens is 434 g/mol. The fraction of sp³-hybridized carbons (Fsp3) is 0.440. The van der Waals surface area contributed by atoms with E-state index in [0.717, 1.165) is 35.3 Å². The van der Waals surface area contributed by atoms with Crippen LogP contribution >= 0.6 is 0 Å². The molecule has 0 bridgehead atoms. The number of anilines is 1. The Kier molecular flexibility index (Phi) is 5.31. The smallest absolute Gasteiger partial charge is 0.435 e. The summed E-state index contributed by atoms with van der Waals surface area (Å²) in [5, 5.41) is 11.5. The zero-order valence-electron chi connectivity index (χ0n) is 19.9. The van der Waals surface area contributed by atoms with Crippen molar-refractivity contribution >= 4 is 17.8 Å². The van der Waals surface area contributed by atoms with Gasteiger partial charge in [0.1, 0.15) is 11.2 Å². The molecule has 3 heterocycles. The van der Waals surface area contributed by atoms with Gasteiger partial charge in [-0.2, -0.15) is 9.78 Å². The maximum atomic E-state index is 12.7. The molecule has 2 fully saturated rings. The summed E-state index contributed by atoms with van der Waals surface area (Å²) in [6, 6.07) is 9.79. The van der Waals surface area contributed by atoms with Gasteiger partial charge in [-0.3, -0.25) is 4.79 Å². The number of benzene rings is 1. The maximum absolute atomic E-state index is 12.7. The molecule has 1 aromatic carbocycles. The molecule has 0 spiro atoms. The van der Waals surface area contributed by atoms with Crippen molar-refractivity contribution in [2.24, 2.45) is 0 Å². The first-order valence-electron chi connectivity index (χ1n) is 11.5. The molecule has 1 aliphatic carbocycles. The van der Waals surface area contributed by atoms with Gasteiger partial charge in [-0.25, -0.2) is 9.48 Å². The number of nitrogens with zero attached hydrogens (tertiary/aromatic N) is 4. The normalized spacial score (nSPS) is 19.6. The van der Waals surface area contributed by atoms with Gasteiger partial charge < -0.3 is 14.8 Å². The highest BCUT2D eigenvalue weighted by molar-refractivity contribution is 5.91. The predicted molar refractivity (Wildman–Crippen MR) is 125 cm³/mol. The van der Waals surface area contributed by atoms with Crippen LogP contribution in [0.1, 0.15) is 63.3 Å². The van der Waals surface area contributed by atoms with Crippen LogP contribution < -0.4 is 5.32 Å². The van der Waals surface area contributed by atoms with E-state index in [-0.39, 0.29) is 23.8 Å². The van der Waals surface area contributed by atoms with Crippen molar-refractivity contribution in [1.29, 1.82) is 0 Å². The summed E-state index contributed by atoms with van der Waals surface area (Å²) in [5.41, 5.74) is 2.71. The van der Waals surface area contributed by atoms with Crippen molar-refractivity contribution in [1.82, 2.24) is 19.6 Å². The van der Waals surface area contributed by atoms with Crippen LogP contribution in [0.2, 0.25) is 0 Å². The molecule has 1 saturated heterocycles. The lowest BCUT2D eigenvalue weighted by Gasteiger charge is -2.19. The number of amides is 1. The number of rotatable bonds is 6. The minimum Gasteiger partial charge on any atom is -0.442 e. The number of epoxide rings is 1. The average molecular weight is 464 g/mol. The lowest BCUT2D eigenvalue weighted by atomic mass is 10.0. The van der Waals surface area contributed by atoms with Crippen molar-refractivity contribution in [2.45, 2.75) is 64.1 Å². The summed E-state index contributed by atoms with van der Waals surface area (Å²) >= 11 is 0. The maximum Gasteiger partial charge on any atom is 0.435 e. The summed E-state index contributed by atoms with van der Waals surface area (Å²) in [6.07, 6.45) is 5.10. The first kappa shape index (κ1) is 22.3. The quantitative estimate of drug-likeness (QED) is 0.551. The monoisotopic (exact) mass is 463 g/mol. The van der Waals surface area contributed by atoms with E-state index >= 15 is 0 Å². The Bertz CT molecular complexity index is 1240. The molecule has 2 aliphatic rings. The molecule has 9 heteroatoms. The lowest BCUT2D eigenvalue weighted by Crippen LogP contribution is -2.28. The van der Waals surface area contributed by atoms with Crippen molar-refractivity contribution in [3.05, 3.63) is 59.5 Å². The Hall–Kier alpha value is -3.46. The van der Waals surface area contributed by atoms with Crippen molar-refractivity contribution in [3.8, 4) is 5.69 Å². The SMILES string of the molecule is CC(C)(C)OC(=O)n1nc(NC(=O)Cc2cnn(-c3cccc(C4(C)CO4)c3)c2)cc1C1CC1. The Morgan fingerprint density at radius 2 is 2.03 bits per heavy atom. The van der Waals surface area contributed by atoms with Crippen LogP contribution in [0, 0.1) is 0 Å². The first-order valence-corrected chi connectivity index (χ1v) is 11.5. The highest BCUT2D eigenvalue weighted by Gasteiger charge is 2.41. The van der Waals surface area contributed by atoms with E-state index in [1.165, 1.54) is 4.68 Å². The minimum atomic E-state index is -0.629. The number of aromatic nitrogens is 4. The molecular formula is C25H29N5O4. The molecule has 2 aromatic heterocycles. The zero-order valence-corrected chi connectivity index (χ0v) is 19.9. The van der Waals surface area contributed by atoms with Gasteiger partial charge in [-0.05, 0) is 63.8 Å². The van der Waals surface area contributed by atoms with E-state index in [2.05, 4.69) is 22.4 Å². The third-order valence-electron chi connectivity index (χ3n) is 5.87. The van der Waals surface area contributed by atoms with Gasteiger partial charge in [-0.15, -0.1) is 5.10 Å². The number of carbonyl (C=O) groups excluding carboxylic acids is 2. The fourth-order valence-electron chi connectivity index (χ4n) is 3.80. The summed E-state index contributed by atoms with van der Waals surface area (Å²) < 4.78 is 14.0. The van der Waals surface area contributed by atoms with E-state index in [1.807, 2.05) is 51.2 Å². The molecule has 1 N–H and O–H groups in total. The molecule has 3 aromatic rings. The lowest BCUT2D eigenvalue weighted by molar-refractivity contribution is -0.115. The minimum absolute atomic E-state index is 0.137. The summed E-state index contributed by atoms with van der Waals surface area (Å²) in [4.78, 5) is 25.3. The topological polar surface area (TPSA) is 104 Å². The standard InChI is InChI=1S/C25H29N5O4/c1-24(2,3)34-23(32)30-20(17-8-9-17)12-21(28-30)27-22(31)10-16-13-26-29(14-16)19-7-5-6-18(11-19)25(4)15-33-25/h5-7,11-14,17H,8-10,15H2,1-4H3,(H,27,28,31). The first-order chi connectivity index (χ1) is 16.1. The van der Waals surface area contributed by atoms with Gasteiger partial charge in [0.2, 0.25) is 5.91 Å². The second-order valence-electron chi connectivity index (χ2n) is 10.2. The van der Waals surface area contributed by atoms with Crippen LogP contribution in [0.3, 0.4) is 0 Å². The van der Waals surface area contributed by atoms with E-state index in [4.69, 9.17) is 9.47 Å². The fourth-order valence-corrected chi connectivity index (χ4v) is 3.80. The molecule has 1 amide bonds. The Morgan fingerprint density at radius 1 is 1.26 bits per heavy atom. The van der Waals surface area contributed by atoms with Crippen molar-refractivity contribution in [3.63, 3.8) is 0 Å². The van der Waals surface area contributed by atoms with Crippen LogP contribution in [0.4, 0.5) is 10.6 Å². The van der Waals surface area contributed by atoms with Gasteiger partial charge in [0, 0.05) is 18.2 Å². The predicted octanol–water partition coefficient (Wildman–Crippen LogP) is 4.16. The van der Waals surface area contributed by atoms with Crippen molar-refractivity contribution in [2.75, 3.05) is 11.9 Å². The number of hydrogen-bond acceptors (Lipinski definition) is 6. The second-order valence-corrected chi connectivity index (χ2v) is 10.2. The Morgan fingerprint density at radius 3 is 2.71 bits per heavy atom. The Labute approximate surface area is 198 Å². The van der Waals surface area contributed by atoms with Crippen molar-refractivity contribution < 1.29 is 19.1 Å². The molecule has 1 atom stereocenters. The van der Waals surface area contributed by atoms with Crippen LogP contribution in [0.25, 0.3) is 5.69 Å². The van der Waals surface area contributed by atoms with Gasteiger partial charge >= 0.3 is 6.09 Å². The third kappa shape index (κ3) is 4.89. The third-order valence-corrected chi connectivity index (χ3v) is 5.87. The number of hydrogen-bond donors (Lipinski definition) is 1. The summed E-state index contributed by atoms with van der Waals surface area (Å²) in [6.45, 7) is 8.20. The zero-order chi connectivity index (χ0) is 24.1. The molecule has 1 saturated carbocycles. The highest BCUT2D eigenvalue weighted by Crippen LogP contribution is 2.41. The van der Waals surface area contributed by atoms with E-state index in [9.17, 15) is 9.59 Å². The average Bonchev–Trinajstić information content (AvgIpc) is 3.66. The van der Waals surface area contributed by atoms with Gasteiger partial charge in [0.15, 0.2) is 5.82 Å². The molecule has 9 nitrogen and oxygen atoms in total. The van der Waals surface area contributed by atoms with Crippen LogP contribution in [-0.4, -0.2) is 43.8 Å². The van der Waals surface area contributed by atoms with Gasteiger partial charge in [0.25, 0.3) is 0 Å². The van der Waals surface area contributed by atoms with E-state index in [1.54, 1.807) is 16.9 Å². The molecule has 1 aliphatic heterocycles. The molecule has 34 heavy (non-hydrogen) atoms. The summed E-state index contributed by atoms with van der Waals surface area (Å²) in [7, 11) is 0. The van der Waals surface area contributed by atoms with E-state index in [0.29, 0.717) is 12.4 Å². The van der Waals surface area contributed by atoms with Crippen LogP contribution in [0.5, 0.6) is 0 Å². The molecule has 1 unspecified atom stereocenters. The molecule has 0 radical (unpaired) electrons. The van der Waals surface area contributed by atoms with Gasteiger partial charge in [0.05, 0.1) is 30.6 Å². The number of nitrogens with one attached hydrogen (secondary N) is 1. The van der Waals surface area contributed by atoms with E-state index < -0.39 is 11.7 Å². The molecule has 5 rings (SSSR count). The van der Waals surface area contributed by atoms with Crippen LogP contribution in [0.15, 0.2) is 42.7 Å². The van der Waals surface area contributed by atoms with Crippen LogP contribution in [-0.2, 0) is 26.3 Å². The highest BCUT2D eigenvalue weighted by atomic mass is 16.6. The Balaban J connectivity index is 1.26.